The standard InChI is InChI=1S/C20H19F3N6O.C6H6.C2H6/c21-20(22,23)11-28-5-3-14(10-28)29-9-13-6-15-17(7-16(13)25-19(29)30)26-27-18(15)12-2-1-4-24-8-12;1-2-4-6-5-3-1;1-2/h1-2,4,6-8,14H,3,5,9-11H2,(H,25,30)(H,26,27);1-6H;1-2H3. The lowest BCUT2D eigenvalue weighted by Gasteiger charge is -2.34. The predicted octanol–water partition coefficient (Wildman–Crippen LogP) is 6.32. The number of anilines is 1. The lowest BCUT2D eigenvalue weighted by Crippen LogP contribution is -2.46. The maximum Gasteiger partial charge on any atom is 0.401 e. The van der Waals surface area contributed by atoms with Gasteiger partial charge in [-0.05, 0) is 36.2 Å². The molecule has 0 spiro atoms. The molecule has 7 nitrogen and oxygen atoms in total. The van der Waals surface area contributed by atoms with Crippen molar-refractivity contribution in [2.24, 2.45) is 0 Å². The van der Waals surface area contributed by atoms with Gasteiger partial charge in [0.1, 0.15) is 5.69 Å². The van der Waals surface area contributed by atoms with E-state index in [1.165, 1.54) is 4.90 Å². The molecule has 1 atom stereocenters. The van der Waals surface area contributed by atoms with Crippen molar-refractivity contribution in [2.45, 2.75) is 39.0 Å². The van der Waals surface area contributed by atoms with Gasteiger partial charge in [-0.1, -0.05) is 50.2 Å². The second-order valence-electron chi connectivity index (χ2n) is 8.87. The van der Waals surface area contributed by atoms with Gasteiger partial charge in [0, 0.05) is 54.7 Å². The molecule has 2 N–H and O–H groups in total. The number of benzene rings is 2. The molecule has 2 amide bonds. The average molecular weight is 525 g/mol. The van der Waals surface area contributed by atoms with Gasteiger partial charge in [0.15, 0.2) is 0 Å². The highest BCUT2D eigenvalue weighted by molar-refractivity contribution is 6.00. The van der Waals surface area contributed by atoms with Gasteiger partial charge >= 0.3 is 12.2 Å². The number of aromatic amines is 1. The Kier molecular flexibility index (Phi) is 8.62. The number of likely N-dealkylation sites (tertiary alicyclic amines) is 1. The first-order valence-electron chi connectivity index (χ1n) is 12.7. The molecule has 1 saturated heterocycles. The van der Waals surface area contributed by atoms with Crippen LogP contribution in [0, 0.1) is 0 Å². The first-order valence-corrected chi connectivity index (χ1v) is 12.7. The number of nitrogens with zero attached hydrogens (tertiary/aromatic N) is 4. The molecule has 0 aliphatic carbocycles. The van der Waals surface area contributed by atoms with Crippen LogP contribution in [0.3, 0.4) is 0 Å². The third-order valence-electron chi connectivity index (χ3n) is 6.32. The number of nitrogens with one attached hydrogen (secondary N) is 2. The van der Waals surface area contributed by atoms with Crippen molar-refractivity contribution in [1.29, 1.82) is 0 Å². The van der Waals surface area contributed by atoms with Gasteiger partial charge in [-0.3, -0.25) is 15.0 Å². The van der Waals surface area contributed by atoms with E-state index in [0.717, 1.165) is 27.7 Å². The summed E-state index contributed by atoms with van der Waals surface area (Å²) in [4.78, 5) is 19.8. The van der Waals surface area contributed by atoms with Crippen LogP contribution in [-0.4, -0.2) is 62.9 Å². The quantitative estimate of drug-likeness (QED) is 0.329. The largest absolute Gasteiger partial charge is 0.401 e. The Bertz CT molecular complexity index is 1300. The van der Waals surface area contributed by atoms with Crippen LogP contribution in [0.15, 0.2) is 73.1 Å². The topological polar surface area (TPSA) is 77.1 Å². The summed E-state index contributed by atoms with van der Waals surface area (Å²) in [5.41, 5.74) is 4.03. The van der Waals surface area contributed by atoms with Crippen molar-refractivity contribution in [2.75, 3.05) is 25.0 Å². The van der Waals surface area contributed by atoms with E-state index in [4.69, 9.17) is 0 Å². The van der Waals surface area contributed by atoms with Crippen molar-refractivity contribution in [1.82, 2.24) is 25.0 Å². The Morgan fingerprint density at radius 3 is 2.39 bits per heavy atom. The molecule has 0 bridgehead atoms. The summed E-state index contributed by atoms with van der Waals surface area (Å²) < 4.78 is 38.1. The minimum absolute atomic E-state index is 0.219. The minimum Gasteiger partial charge on any atom is -0.316 e. The van der Waals surface area contributed by atoms with E-state index < -0.39 is 12.7 Å². The highest BCUT2D eigenvalue weighted by Gasteiger charge is 2.38. The lowest BCUT2D eigenvalue weighted by atomic mass is 10.0. The van der Waals surface area contributed by atoms with E-state index in [-0.39, 0.29) is 18.6 Å². The van der Waals surface area contributed by atoms with Gasteiger partial charge in [-0.25, -0.2) is 4.79 Å². The monoisotopic (exact) mass is 524 g/mol. The molecule has 4 aromatic rings. The van der Waals surface area contributed by atoms with Gasteiger partial charge in [0.25, 0.3) is 0 Å². The number of pyridine rings is 1. The number of fused-ring (bicyclic) bond motifs is 2. The van der Waals surface area contributed by atoms with Crippen molar-refractivity contribution < 1.29 is 18.0 Å². The molecule has 0 saturated carbocycles. The third kappa shape index (κ3) is 6.49. The summed E-state index contributed by atoms with van der Waals surface area (Å²) in [5.74, 6) is 0. The Labute approximate surface area is 219 Å². The maximum atomic E-state index is 12.7. The number of aromatic nitrogens is 3. The van der Waals surface area contributed by atoms with Crippen LogP contribution in [0.25, 0.3) is 22.2 Å². The molecule has 1 unspecified atom stereocenters. The van der Waals surface area contributed by atoms with Crippen LogP contribution < -0.4 is 5.32 Å². The van der Waals surface area contributed by atoms with Gasteiger partial charge in [-0.15, -0.1) is 0 Å². The predicted molar refractivity (Wildman–Crippen MR) is 143 cm³/mol. The molecule has 2 aliphatic heterocycles. The summed E-state index contributed by atoms with van der Waals surface area (Å²) in [6, 6.07) is 19.0. The molecule has 1 fully saturated rings. The number of rotatable bonds is 3. The molecule has 6 rings (SSSR count). The summed E-state index contributed by atoms with van der Waals surface area (Å²) in [6.45, 7) is 3.95. The fraction of sp³-hybridized carbons (Fsp3) is 0.321. The zero-order valence-corrected chi connectivity index (χ0v) is 21.4. The molecule has 2 aromatic heterocycles. The van der Waals surface area contributed by atoms with E-state index >= 15 is 0 Å². The molecule has 38 heavy (non-hydrogen) atoms. The molecule has 2 aliphatic rings. The summed E-state index contributed by atoms with van der Waals surface area (Å²) in [7, 11) is 0. The number of halogens is 3. The fourth-order valence-electron chi connectivity index (χ4n) is 4.67. The highest BCUT2D eigenvalue weighted by atomic mass is 19.4. The normalized spacial score (nSPS) is 17.1. The van der Waals surface area contributed by atoms with E-state index in [1.54, 1.807) is 17.3 Å². The summed E-state index contributed by atoms with van der Waals surface area (Å²) in [6.07, 6.45) is -0.289. The van der Waals surface area contributed by atoms with Crippen molar-refractivity contribution in [3.63, 3.8) is 0 Å². The summed E-state index contributed by atoms with van der Waals surface area (Å²) in [5, 5.41) is 11.2. The third-order valence-corrected chi connectivity index (χ3v) is 6.32. The number of urea groups is 1. The molecule has 4 heterocycles. The van der Waals surface area contributed by atoms with Gasteiger partial charge in [-0.2, -0.15) is 18.3 Å². The molecule has 0 radical (unpaired) electrons. The van der Waals surface area contributed by atoms with Gasteiger partial charge in [0.2, 0.25) is 0 Å². The molecular weight excluding hydrogens is 493 g/mol. The van der Waals surface area contributed by atoms with Gasteiger partial charge < -0.3 is 10.2 Å². The SMILES string of the molecule is CC.O=C1Nc2cc3[nH]nc(-c4cccnc4)c3cc2CN1C1CCN(CC(F)(F)F)C1.c1ccccc1. The fourth-order valence-corrected chi connectivity index (χ4v) is 4.67. The lowest BCUT2D eigenvalue weighted by molar-refractivity contribution is -0.143. The van der Waals surface area contributed by atoms with Crippen molar-refractivity contribution in [3.8, 4) is 11.3 Å². The molecule has 10 heteroatoms. The van der Waals surface area contributed by atoms with E-state index in [0.29, 0.717) is 25.2 Å². The Morgan fingerprint density at radius 2 is 1.76 bits per heavy atom. The zero-order chi connectivity index (χ0) is 27.1. The van der Waals surface area contributed by atoms with Crippen LogP contribution in [0.1, 0.15) is 25.8 Å². The average Bonchev–Trinajstić information content (AvgIpc) is 3.56. The van der Waals surface area contributed by atoms with Crippen molar-refractivity contribution in [3.05, 3.63) is 78.6 Å². The smallest absolute Gasteiger partial charge is 0.316 e. The number of amides is 2. The van der Waals surface area contributed by atoms with Gasteiger partial charge in [0.05, 0.1) is 12.1 Å². The van der Waals surface area contributed by atoms with E-state index in [1.807, 2.05) is 74.5 Å². The minimum atomic E-state index is -4.23. The van der Waals surface area contributed by atoms with Crippen molar-refractivity contribution >= 4 is 22.6 Å². The molecular formula is C28H31F3N6O. The van der Waals surface area contributed by atoms with Crippen LogP contribution in [0.4, 0.5) is 23.7 Å². The van der Waals surface area contributed by atoms with E-state index in [2.05, 4.69) is 20.5 Å². The first kappa shape index (κ1) is 27.1. The van der Waals surface area contributed by atoms with Crippen LogP contribution in [-0.2, 0) is 6.54 Å². The molecule has 2 aromatic carbocycles. The Hall–Kier alpha value is -3.92. The second-order valence-corrected chi connectivity index (χ2v) is 8.87. The van der Waals surface area contributed by atoms with E-state index in [9.17, 15) is 18.0 Å². The number of hydrogen-bond acceptors (Lipinski definition) is 4. The molecule has 200 valence electrons. The van der Waals surface area contributed by atoms with Crippen LogP contribution in [0.2, 0.25) is 0 Å². The number of alkyl halides is 3. The van der Waals surface area contributed by atoms with Crippen LogP contribution >= 0.6 is 0 Å². The zero-order valence-electron chi connectivity index (χ0n) is 21.4. The second kappa shape index (κ2) is 12.1. The van der Waals surface area contributed by atoms with Crippen LogP contribution in [0.5, 0.6) is 0 Å². The Morgan fingerprint density at radius 1 is 1.05 bits per heavy atom. The number of H-pyrrole nitrogens is 1. The number of hydrogen-bond donors (Lipinski definition) is 2. The first-order chi connectivity index (χ1) is 18.4. The maximum absolute atomic E-state index is 12.7. The summed E-state index contributed by atoms with van der Waals surface area (Å²) >= 11 is 0. The number of carbonyl (C=O) groups is 1. The highest BCUT2D eigenvalue weighted by Crippen LogP contribution is 2.34. The number of carbonyl (C=O) groups excluding carboxylic acids is 1. The Balaban J connectivity index is 0.000000366.